The molecule has 0 aromatic heterocycles. The Balaban J connectivity index is 1.63. The highest BCUT2D eigenvalue weighted by Gasteiger charge is 2.07. The van der Waals surface area contributed by atoms with E-state index in [0.717, 1.165) is 41.7 Å². The van der Waals surface area contributed by atoms with Crippen LogP contribution in [0.15, 0.2) is 72.8 Å². The van der Waals surface area contributed by atoms with Gasteiger partial charge in [0, 0.05) is 0 Å². The Morgan fingerprint density at radius 1 is 0.929 bits per heavy atom. The third kappa shape index (κ3) is 5.21. The van der Waals surface area contributed by atoms with Crippen molar-refractivity contribution in [3.05, 3.63) is 101 Å². The Morgan fingerprint density at radius 2 is 1.68 bits per heavy atom. The van der Waals surface area contributed by atoms with Crippen LogP contribution >= 0.6 is 0 Å². The van der Waals surface area contributed by atoms with Crippen molar-refractivity contribution >= 4 is 5.97 Å². The van der Waals surface area contributed by atoms with Crippen LogP contribution in [-0.2, 0) is 19.4 Å². The van der Waals surface area contributed by atoms with Gasteiger partial charge in [0.05, 0.1) is 17.2 Å². The smallest absolute Gasteiger partial charge is 0.335 e. The topological polar surface area (TPSA) is 70.3 Å². The van der Waals surface area contributed by atoms with Crippen molar-refractivity contribution in [2.45, 2.75) is 25.9 Å². The Morgan fingerprint density at radius 3 is 2.36 bits per heavy atom. The van der Waals surface area contributed by atoms with E-state index in [2.05, 4.69) is 6.07 Å². The standard InChI is InChI=1S/C24H21NO3/c25-16-20-11-12-21(23(15-20)28-17-19-5-2-1-3-6-19)8-4-7-18-9-13-22(14-10-18)24(26)27/h1-3,5-6,9-15H,4,7-8,17H2,(H,26,27). The minimum atomic E-state index is -0.913. The number of carbonyl (C=O) groups is 1. The first kappa shape index (κ1) is 19.2. The predicted molar refractivity (Wildman–Crippen MR) is 107 cm³/mol. The van der Waals surface area contributed by atoms with E-state index in [1.165, 1.54) is 0 Å². The number of aromatic carboxylic acids is 1. The summed E-state index contributed by atoms with van der Waals surface area (Å²) in [7, 11) is 0. The molecule has 4 heteroatoms. The van der Waals surface area contributed by atoms with Crippen LogP contribution in [0.3, 0.4) is 0 Å². The van der Waals surface area contributed by atoms with Crippen LogP contribution in [-0.4, -0.2) is 11.1 Å². The van der Waals surface area contributed by atoms with Gasteiger partial charge in [0.2, 0.25) is 0 Å². The van der Waals surface area contributed by atoms with Crippen LogP contribution in [0.4, 0.5) is 0 Å². The Bertz CT molecular complexity index is 973. The van der Waals surface area contributed by atoms with Crippen LogP contribution in [0, 0.1) is 11.3 Å². The predicted octanol–water partition coefficient (Wildman–Crippen LogP) is 5.01. The Labute approximate surface area is 164 Å². The van der Waals surface area contributed by atoms with Gasteiger partial charge in [-0.2, -0.15) is 5.26 Å². The fourth-order valence-corrected chi connectivity index (χ4v) is 3.00. The number of aryl methyl sites for hydroxylation is 2. The molecule has 0 amide bonds. The van der Waals surface area contributed by atoms with Gasteiger partial charge in [0.15, 0.2) is 0 Å². The number of carboxylic acids is 1. The van der Waals surface area contributed by atoms with Gasteiger partial charge in [0.1, 0.15) is 12.4 Å². The number of nitriles is 1. The van der Waals surface area contributed by atoms with E-state index < -0.39 is 5.97 Å². The second kappa shape index (κ2) is 9.38. The molecule has 0 fully saturated rings. The zero-order valence-electron chi connectivity index (χ0n) is 15.5. The van der Waals surface area contributed by atoms with Crippen molar-refractivity contribution in [3.8, 4) is 11.8 Å². The molecular formula is C24H21NO3. The van der Waals surface area contributed by atoms with E-state index in [9.17, 15) is 10.1 Å². The lowest BCUT2D eigenvalue weighted by Crippen LogP contribution is -2.00. The van der Waals surface area contributed by atoms with Crippen molar-refractivity contribution < 1.29 is 14.6 Å². The maximum atomic E-state index is 10.9. The average Bonchev–Trinajstić information content (AvgIpc) is 2.74. The van der Waals surface area contributed by atoms with Crippen molar-refractivity contribution in [1.82, 2.24) is 0 Å². The van der Waals surface area contributed by atoms with Gasteiger partial charge in [-0.1, -0.05) is 48.5 Å². The molecular weight excluding hydrogens is 350 g/mol. The van der Waals surface area contributed by atoms with Crippen molar-refractivity contribution in [1.29, 1.82) is 5.26 Å². The highest BCUT2D eigenvalue weighted by atomic mass is 16.5. The molecule has 0 heterocycles. The van der Waals surface area contributed by atoms with Crippen LogP contribution in [0.2, 0.25) is 0 Å². The van der Waals surface area contributed by atoms with E-state index in [0.29, 0.717) is 17.7 Å². The number of hydrogen-bond acceptors (Lipinski definition) is 3. The number of hydrogen-bond donors (Lipinski definition) is 1. The Kier molecular flexibility index (Phi) is 6.43. The van der Waals surface area contributed by atoms with Gasteiger partial charge in [0.25, 0.3) is 0 Å². The van der Waals surface area contributed by atoms with E-state index in [1.807, 2.05) is 54.6 Å². The number of nitrogens with zero attached hydrogens (tertiary/aromatic N) is 1. The van der Waals surface area contributed by atoms with Crippen molar-refractivity contribution in [3.63, 3.8) is 0 Å². The van der Waals surface area contributed by atoms with Gasteiger partial charge in [-0.3, -0.25) is 0 Å². The fourth-order valence-electron chi connectivity index (χ4n) is 3.00. The minimum Gasteiger partial charge on any atom is -0.489 e. The van der Waals surface area contributed by atoms with E-state index in [1.54, 1.807) is 18.2 Å². The summed E-state index contributed by atoms with van der Waals surface area (Å²) in [6.07, 6.45) is 2.56. The fraction of sp³-hybridized carbons (Fsp3) is 0.167. The molecule has 3 aromatic rings. The molecule has 3 aromatic carbocycles. The highest BCUT2D eigenvalue weighted by molar-refractivity contribution is 5.87. The Hall–Kier alpha value is -3.58. The minimum absolute atomic E-state index is 0.299. The summed E-state index contributed by atoms with van der Waals surface area (Å²) < 4.78 is 5.99. The number of rotatable bonds is 8. The molecule has 28 heavy (non-hydrogen) atoms. The van der Waals surface area contributed by atoms with Gasteiger partial charge in [-0.15, -0.1) is 0 Å². The molecule has 0 aliphatic heterocycles. The molecule has 0 aliphatic rings. The molecule has 0 radical (unpaired) electrons. The van der Waals surface area contributed by atoms with Gasteiger partial charge in [-0.25, -0.2) is 4.79 Å². The van der Waals surface area contributed by atoms with Crippen LogP contribution in [0.1, 0.15) is 39.0 Å². The lowest BCUT2D eigenvalue weighted by atomic mass is 10.0. The molecule has 1 N–H and O–H groups in total. The molecule has 4 nitrogen and oxygen atoms in total. The monoisotopic (exact) mass is 371 g/mol. The van der Waals surface area contributed by atoms with E-state index in [-0.39, 0.29) is 0 Å². The molecule has 0 saturated carbocycles. The van der Waals surface area contributed by atoms with E-state index >= 15 is 0 Å². The molecule has 3 rings (SSSR count). The molecule has 140 valence electrons. The SMILES string of the molecule is N#Cc1ccc(CCCc2ccc(C(=O)O)cc2)c(OCc2ccccc2)c1. The third-order valence-electron chi connectivity index (χ3n) is 4.55. The normalized spacial score (nSPS) is 10.2. The summed E-state index contributed by atoms with van der Waals surface area (Å²) in [4.78, 5) is 10.9. The number of ether oxygens (including phenoxy) is 1. The summed E-state index contributed by atoms with van der Waals surface area (Å²) >= 11 is 0. The first-order valence-corrected chi connectivity index (χ1v) is 9.17. The first-order valence-electron chi connectivity index (χ1n) is 9.17. The second-order valence-corrected chi connectivity index (χ2v) is 6.56. The first-order chi connectivity index (χ1) is 13.7. The lowest BCUT2D eigenvalue weighted by molar-refractivity contribution is 0.0697. The lowest BCUT2D eigenvalue weighted by Gasteiger charge is -2.12. The highest BCUT2D eigenvalue weighted by Crippen LogP contribution is 2.24. The number of carboxylic acid groups (broad SMARTS) is 1. The van der Waals surface area contributed by atoms with Crippen LogP contribution < -0.4 is 4.74 Å². The molecule has 0 unspecified atom stereocenters. The second-order valence-electron chi connectivity index (χ2n) is 6.56. The van der Waals surface area contributed by atoms with Crippen molar-refractivity contribution in [2.75, 3.05) is 0 Å². The quantitative estimate of drug-likeness (QED) is 0.604. The molecule has 0 spiro atoms. The van der Waals surface area contributed by atoms with E-state index in [4.69, 9.17) is 9.84 Å². The molecule has 0 saturated heterocycles. The molecule has 0 aliphatic carbocycles. The van der Waals surface area contributed by atoms with Gasteiger partial charge in [-0.05, 0) is 60.2 Å². The maximum absolute atomic E-state index is 10.9. The zero-order valence-corrected chi connectivity index (χ0v) is 15.5. The largest absolute Gasteiger partial charge is 0.489 e. The maximum Gasteiger partial charge on any atom is 0.335 e. The summed E-state index contributed by atoms with van der Waals surface area (Å²) in [6.45, 7) is 0.458. The average molecular weight is 371 g/mol. The summed E-state index contributed by atoms with van der Waals surface area (Å²) in [5, 5.41) is 18.1. The number of benzene rings is 3. The summed E-state index contributed by atoms with van der Waals surface area (Å²) in [5.41, 5.74) is 4.13. The van der Waals surface area contributed by atoms with Crippen LogP contribution in [0.5, 0.6) is 5.75 Å². The third-order valence-corrected chi connectivity index (χ3v) is 4.55. The van der Waals surface area contributed by atoms with Gasteiger partial charge >= 0.3 is 5.97 Å². The van der Waals surface area contributed by atoms with Gasteiger partial charge < -0.3 is 9.84 Å². The molecule has 0 bridgehead atoms. The summed E-state index contributed by atoms with van der Waals surface area (Å²) in [5.74, 6) is -0.173. The zero-order chi connectivity index (χ0) is 19.8. The van der Waals surface area contributed by atoms with Crippen LogP contribution in [0.25, 0.3) is 0 Å². The van der Waals surface area contributed by atoms with Crippen molar-refractivity contribution in [2.24, 2.45) is 0 Å². The molecule has 0 atom stereocenters. The summed E-state index contributed by atoms with van der Waals surface area (Å²) in [6, 6.07) is 24.6.